The molecule has 0 saturated carbocycles. The third kappa shape index (κ3) is 3.42. The summed E-state index contributed by atoms with van der Waals surface area (Å²) in [6.45, 7) is 6.08. The number of hydrogen-bond acceptors (Lipinski definition) is 3. The van der Waals surface area contributed by atoms with Crippen LogP contribution in [0.15, 0.2) is 12.1 Å². The van der Waals surface area contributed by atoms with Gasteiger partial charge in [-0.05, 0) is 44.4 Å². The van der Waals surface area contributed by atoms with E-state index in [4.69, 9.17) is 9.47 Å². The number of hydrogen-bond donors (Lipinski definition) is 0. The van der Waals surface area contributed by atoms with Gasteiger partial charge in [0.15, 0.2) is 0 Å². The quantitative estimate of drug-likeness (QED) is 0.845. The monoisotopic (exact) mass is 281 g/mol. The van der Waals surface area contributed by atoms with E-state index in [0.29, 0.717) is 12.8 Å². The van der Waals surface area contributed by atoms with E-state index in [1.165, 1.54) is 0 Å². The predicted octanol–water partition coefficient (Wildman–Crippen LogP) is 3.34. The van der Waals surface area contributed by atoms with Crippen molar-refractivity contribution in [2.45, 2.75) is 38.9 Å². The molecular formula is C16H24FNO2. The Morgan fingerprint density at radius 3 is 2.10 bits per heavy atom. The fourth-order valence-electron chi connectivity index (χ4n) is 2.67. The van der Waals surface area contributed by atoms with Crippen LogP contribution in [-0.4, -0.2) is 37.9 Å². The van der Waals surface area contributed by atoms with Crippen LogP contribution in [-0.2, 0) is 6.54 Å². The van der Waals surface area contributed by atoms with Gasteiger partial charge in [-0.3, -0.25) is 4.90 Å². The SMILES string of the molecule is COc1cc(CN2CCC(C)(F)CC2)cc(OC)c1C. The topological polar surface area (TPSA) is 21.7 Å². The van der Waals surface area contributed by atoms with Crippen molar-refractivity contribution in [3.8, 4) is 11.5 Å². The summed E-state index contributed by atoms with van der Waals surface area (Å²) in [5.41, 5.74) is 1.15. The minimum absolute atomic E-state index is 0.604. The first-order valence-electron chi connectivity index (χ1n) is 7.08. The third-order valence-electron chi connectivity index (χ3n) is 4.12. The number of alkyl halides is 1. The molecule has 1 heterocycles. The molecule has 0 atom stereocenters. The molecule has 0 aromatic heterocycles. The molecule has 1 aromatic carbocycles. The van der Waals surface area contributed by atoms with E-state index in [0.717, 1.165) is 42.3 Å². The number of likely N-dealkylation sites (tertiary alicyclic amines) is 1. The highest BCUT2D eigenvalue weighted by Crippen LogP contribution is 2.31. The van der Waals surface area contributed by atoms with Crippen molar-refractivity contribution in [1.29, 1.82) is 0 Å². The second-order valence-electron chi connectivity index (χ2n) is 5.81. The second kappa shape index (κ2) is 6.00. The Morgan fingerprint density at radius 1 is 1.15 bits per heavy atom. The Bertz CT molecular complexity index is 439. The molecule has 0 N–H and O–H groups in total. The average Bonchev–Trinajstić information content (AvgIpc) is 2.42. The van der Waals surface area contributed by atoms with Crippen LogP contribution >= 0.6 is 0 Å². The van der Waals surface area contributed by atoms with Gasteiger partial charge in [-0.1, -0.05) is 0 Å². The van der Waals surface area contributed by atoms with Gasteiger partial charge < -0.3 is 9.47 Å². The van der Waals surface area contributed by atoms with Crippen LogP contribution in [0.4, 0.5) is 4.39 Å². The number of rotatable bonds is 4. The highest BCUT2D eigenvalue weighted by molar-refractivity contribution is 5.47. The largest absolute Gasteiger partial charge is 0.496 e. The number of methoxy groups -OCH3 is 2. The first-order chi connectivity index (χ1) is 9.45. The molecule has 1 fully saturated rings. The molecule has 2 rings (SSSR count). The maximum absolute atomic E-state index is 13.8. The zero-order chi connectivity index (χ0) is 14.8. The molecule has 20 heavy (non-hydrogen) atoms. The summed E-state index contributed by atoms with van der Waals surface area (Å²) in [6.07, 6.45) is 1.21. The van der Waals surface area contributed by atoms with E-state index >= 15 is 0 Å². The Labute approximate surface area is 120 Å². The molecule has 1 aliphatic rings. The smallest absolute Gasteiger partial charge is 0.125 e. The normalized spacial score (nSPS) is 18.9. The molecule has 3 nitrogen and oxygen atoms in total. The first kappa shape index (κ1) is 15.1. The zero-order valence-electron chi connectivity index (χ0n) is 12.8. The summed E-state index contributed by atoms with van der Waals surface area (Å²) in [5.74, 6) is 1.68. The minimum atomic E-state index is -1.00. The van der Waals surface area contributed by atoms with Crippen molar-refractivity contribution in [1.82, 2.24) is 4.90 Å². The molecule has 0 bridgehead atoms. The molecule has 4 heteroatoms. The van der Waals surface area contributed by atoms with Gasteiger partial charge in [-0.15, -0.1) is 0 Å². The summed E-state index contributed by atoms with van der Waals surface area (Å²) >= 11 is 0. The van der Waals surface area contributed by atoms with E-state index in [2.05, 4.69) is 4.90 Å². The molecule has 112 valence electrons. The maximum atomic E-state index is 13.8. The zero-order valence-corrected chi connectivity index (χ0v) is 12.8. The van der Waals surface area contributed by atoms with Crippen LogP contribution in [0.5, 0.6) is 11.5 Å². The van der Waals surface area contributed by atoms with Crippen molar-refractivity contribution >= 4 is 0 Å². The van der Waals surface area contributed by atoms with Gasteiger partial charge in [0.05, 0.1) is 14.2 Å². The van der Waals surface area contributed by atoms with Crippen molar-refractivity contribution < 1.29 is 13.9 Å². The number of piperidine rings is 1. The average molecular weight is 281 g/mol. The summed E-state index contributed by atoms with van der Waals surface area (Å²) in [6, 6.07) is 4.09. The van der Waals surface area contributed by atoms with Gasteiger partial charge in [0, 0.05) is 25.2 Å². The van der Waals surface area contributed by atoms with Gasteiger partial charge in [0.1, 0.15) is 17.2 Å². The van der Waals surface area contributed by atoms with E-state index in [1.54, 1.807) is 21.1 Å². The van der Waals surface area contributed by atoms with E-state index in [1.807, 2.05) is 19.1 Å². The second-order valence-corrected chi connectivity index (χ2v) is 5.81. The Kier molecular flexibility index (Phi) is 4.53. The van der Waals surface area contributed by atoms with E-state index in [9.17, 15) is 4.39 Å². The van der Waals surface area contributed by atoms with Crippen LogP contribution in [0.1, 0.15) is 30.9 Å². The lowest BCUT2D eigenvalue weighted by Gasteiger charge is -2.34. The molecule has 0 amide bonds. The Morgan fingerprint density at radius 2 is 1.65 bits per heavy atom. The van der Waals surface area contributed by atoms with Gasteiger partial charge >= 0.3 is 0 Å². The van der Waals surface area contributed by atoms with Crippen molar-refractivity contribution in [2.75, 3.05) is 27.3 Å². The van der Waals surface area contributed by atoms with Crippen molar-refractivity contribution in [3.63, 3.8) is 0 Å². The lowest BCUT2D eigenvalue weighted by molar-refractivity contribution is 0.0704. The lowest BCUT2D eigenvalue weighted by Crippen LogP contribution is -2.39. The van der Waals surface area contributed by atoms with Crippen LogP contribution in [0.3, 0.4) is 0 Å². The first-order valence-corrected chi connectivity index (χ1v) is 7.08. The molecule has 0 unspecified atom stereocenters. The van der Waals surface area contributed by atoms with Gasteiger partial charge in [0.2, 0.25) is 0 Å². The molecule has 0 radical (unpaired) electrons. The maximum Gasteiger partial charge on any atom is 0.125 e. The van der Waals surface area contributed by atoms with Crippen LogP contribution in [0, 0.1) is 6.92 Å². The molecule has 1 aromatic rings. The summed E-state index contributed by atoms with van der Waals surface area (Å²) in [4.78, 5) is 2.28. The molecule has 1 aliphatic heterocycles. The fourth-order valence-corrected chi connectivity index (χ4v) is 2.67. The fraction of sp³-hybridized carbons (Fsp3) is 0.625. The predicted molar refractivity (Wildman–Crippen MR) is 78.3 cm³/mol. The number of nitrogens with zero attached hydrogens (tertiary/aromatic N) is 1. The van der Waals surface area contributed by atoms with Crippen LogP contribution < -0.4 is 9.47 Å². The third-order valence-corrected chi connectivity index (χ3v) is 4.12. The summed E-state index contributed by atoms with van der Waals surface area (Å²) in [7, 11) is 3.34. The highest BCUT2D eigenvalue weighted by atomic mass is 19.1. The standard InChI is InChI=1S/C16H24FNO2/c1-12-14(19-3)9-13(10-15(12)20-4)11-18-7-5-16(2,17)6-8-18/h9-10H,5-8,11H2,1-4H3. The van der Waals surface area contributed by atoms with Crippen molar-refractivity contribution in [2.24, 2.45) is 0 Å². The van der Waals surface area contributed by atoms with E-state index < -0.39 is 5.67 Å². The number of ether oxygens (including phenoxy) is 2. The molecule has 1 saturated heterocycles. The van der Waals surface area contributed by atoms with Gasteiger partial charge in [-0.2, -0.15) is 0 Å². The Hall–Kier alpha value is -1.29. The molecular weight excluding hydrogens is 257 g/mol. The summed E-state index contributed by atoms with van der Waals surface area (Å²) in [5, 5.41) is 0. The molecule has 0 aliphatic carbocycles. The van der Waals surface area contributed by atoms with E-state index in [-0.39, 0.29) is 0 Å². The molecule has 0 spiro atoms. The van der Waals surface area contributed by atoms with Gasteiger partial charge in [0.25, 0.3) is 0 Å². The number of benzene rings is 1. The highest BCUT2D eigenvalue weighted by Gasteiger charge is 2.29. The van der Waals surface area contributed by atoms with Crippen molar-refractivity contribution in [3.05, 3.63) is 23.3 Å². The Balaban J connectivity index is 2.10. The summed E-state index contributed by atoms with van der Waals surface area (Å²) < 4.78 is 24.6. The number of halogens is 1. The minimum Gasteiger partial charge on any atom is -0.496 e. The lowest BCUT2D eigenvalue weighted by atomic mass is 9.95. The van der Waals surface area contributed by atoms with Crippen LogP contribution in [0.25, 0.3) is 0 Å². The van der Waals surface area contributed by atoms with Gasteiger partial charge in [-0.25, -0.2) is 4.39 Å². The van der Waals surface area contributed by atoms with Crippen LogP contribution in [0.2, 0.25) is 0 Å².